The summed E-state index contributed by atoms with van der Waals surface area (Å²) in [6.07, 6.45) is 0. The van der Waals surface area contributed by atoms with Gasteiger partial charge in [0, 0.05) is 16.0 Å². The van der Waals surface area contributed by atoms with E-state index in [2.05, 4.69) is 4.98 Å². The number of phenolic OH excluding ortho intramolecular Hbond substituents is 1. The van der Waals surface area contributed by atoms with Crippen molar-refractivity contribution in [3.8, 4) is 27.6 Å². The first-order valence-corrected chi connectivity index (χ1v) is 6.99. The molecule has 94 valence electrons. The van der Waals surface area contributed by atoms with Crippen LogP contribution in [0.5, 0.6) is 5.75 Å². The highest BCUT2D eigenvalue weighted by Crippen LogP contribution is 2.33. The monoisotopic (exact) mass is 287 g/mol. The van der Waals surface area contributed by atoms with Gasteiger partial charge in [-0.05, 0) is 24.3 Å². The molecule has 1 heterocycles. The quantitative estimate of drug-likeness (QED) is 0.732. The first-order valence-electron chi connectivity index (χ1n) is 5.74. The highest BCUT2D eigenvalue weighted by Gasteiger charge is 2.09. The summed E-state index contributed by atoms with van der Waals surface area (Å²) >= 11 is 7.38. The second kappa shape index (κ2) is 5.03. The number of aromatic hydroxyl groups is 1. The van der Waals surface area contributed by atoms with Crippen LogP contribution in [0.2, 0.25) is 5.02 Å². The van der Waals surface area contributed by atoms with Crippen LogP contribution in [-0.2, 0) is 0 Å². The molecule has 1 N–H and O–H groups in total. The average Bonchev–Trinajstić information content (AvgIpc) is 2.89. The molecular formula is C15H10ClNOS. The Balaban J connectivity index is 2.00. The van der Waals surface area contributed by atoms with Crippen LogP contribution in [0.15, 0.2) is 53.9 Å². The second-order valence-electron chi connectivity index (χ2n) is 4.06. The molecule has 2 aromatic carbocycles. The predicted octanol–water partition coefficient (Wildman–Crippen LogP) is 4.84. The minimum Gasteiger partial charge on any atom is -0.507 e. The molecule has 0 saturated carbocycles. The lowest BCUT2D eigenvalue weighted by Gasteiger charge is -1.99. The molecule has 1 aromatic heterocycles. The van der Waals surface area contributed by atoms with Crippen LogP contribution in [0.25, 0.3) is 21.8 Å². The van der Waals surface area contributed by atoms with Gasteiger partial charge in [0.05, 0.1) is 11.3 Å². The number of hydrogen-bond acceptors (Lipinski definition) is 3. The molecule has 0 saturated heterocycles. The number of thiazole rings is 1. The van der Waals surface area contributed by atoms with E-state index in [1.807, 2.05) is 41.8 Å². The third kappa shape index (κ3) is 2.48. The van der Waals surface area contributed by atoms with Gasteiger partial charge >= 0.3 is 0 Å². The Morgan fingerprint density at radius 3 is 2.47 bits per heavy atom. The highest BCUT2D eigenvalue weighted by atomic mass is 35.5. The van der Waals surface area contributed by atoms with E-state index in [9.17, 15) is 5.11 Å². The second-order valence-corrected chi connectivity index (χ2v) is 5.36. The highest BCUT2D eigenvalue weighted by molar-refractivity contribution is 7.13. The Hall–Kier alpha value is -1.84. The summed E-state index contributed by atoms with van der Waals surface area (Å²) < 4.78 is 0. The Labute approximate surface area is 120 Å². The summed E-state index contributed by atoms with van der Waals surface area (Å²) in [4.78, 5) is 4.56. The van der Waals surface area contributed by atoms with E-state index in [1.165, 1.54) is 11.3 Å². The molecule has 19 heavy (non-hydrogen) atoms. The first kappa shape index (κ1) is 12.2. The Morgan fingerprint density at radius 2 is 1.74 bits per heavy atom. The number of benzene rings is 2. The summed E-state index contributed by atoms with van der Waals surface area (Å²) in [7, 11) is 0. The van der Waals surface area contributed by atoms with E-state index in [1.54, 1.807) is 12.1 Å². The number of rotatable bonds is 2. The maximum absolute atomic E-state index is 9.83. The molecule has 3 rings (SSSR count). The molecule has 3 aromatic rings. The molecule has 2 nitrogen and oxygen atoms in total. The third-order valence-corrected chi connectivity index (χ3v) is 3.91. The molecule has 4 heteroatoms. The molecular weight excluding hydrogens is 278 g/mol. The van der Waals surface area contributed by atoms with E-state index in [0.29, 0.717) is 5.02 Å². The van der Waals surface area contributed by atoms with E-state index in [-0.39, 0.29) is 5.75 Å². The van der Waals surface area contributed by atoms with Gasteiger partial charge in [-0.15, -0.1) is 11.3 Å². The lowest BCUT2D eigenvalue weighted by atomic mass is 10.2. The van der Waals surface area contributed by atoms with E-state index in [4.69, 9.17) is 11.6 Å². The van der Waals surface area contributed by atoms with Crippen molar-refractivity contribution in [1.82, 2.24) is 4.98 Å². The van der Waals surface area contributed by atoms with Crippen molar-refractivity contribution in [2.24, 2.45) is 0 Å². The Bertz CT molecular complexity index is 706. The van der Waals surface area contributed by atoms with Gasteiger partial charge in [0.15, 0.2) is 0 Å². The van der Waals surface area contributed by atoms with E-state index in [0.717, 1.165) is 21.8 Å². The standard InChI is InChI=1S/C15H10ClNOS/c16-11-7-5-10(6-8-11)13-9-19-15(17-13)12-3-1-2-4-14(12)18/h1-9,18H. The maximum atomic E-state index is 9.83. The fourth-order valence-electron chi connectivity index (χ4n) is 1.81. The van der Waals surface area contributed by atoms with Crippen LogP contribution in [0.4, 0.5) is 0 Å². The van der Waals surface area contributed by atoms with Crippen molar-refractivity contribution in [2.75, 3.05) is 0 Å². The zero-order chi connectivity index (χ0) is 13.2. The lowest BCUT2D eigenvalue weighted by molar-refractivity contribution is 0.477. The molecule has 0 radical (unpaired) electrons. The Kier molecular flexibility index (Phi) is 3.23. The van der Waals surface area contributed by atoms with Crippen LogP contribution < -0.4 is 0 Å². The number of phenols is 1. The van der Waals surface area contributed by atoms with Crippen LogP contribution in [0.3, 0.4) is 0 Å². The van der Waals surface area contributed by atoms with Crippen molar-refractivity contribution < 1.29 is 5.11 Å². The number of nitrogens with zero attached hydrogens (tertiary/aromatic N) is 1. The number of hydrogen-bond donors (Lipinski definition) is 1. The molecule has 0 spiro atoms. The van der Waals surface area contributed by atoms with Gasteiger partial charge in [-0.2, -0.15) is 0 Å². The van der Waals surface area contributed by atoms with Crippen LogP contribution in [-0.4, -0.2) is 10.1 Å². The van der Waals surface area contributed by atoms with E-state index >= 15 is 0 Å². The van der Waals surface area contributed by atoms with Gasteiger partial charge < -0.3 is 5.11 Å². The van der Waals surface area contributed by atoms with Crippen molar-refractivity contribution in [3.63, 3.8) is 0 Å². The van der Waals surface area contributed by atoms with Gasteiger partial charge in [-0.3, -0.25) is 0 Å². The molecule has 0 aliphatic rings. The van der Waals surface area contributed by atoms with Crippen molar-refractivity contribution in [2.45, 2.75) is 0 Å². The summed E-state index contributed by atoms with van der Waals surface area (Å²) in [5, 5.41) is 13.3. The minimum atomic E-state index is 0.250. The summed E-state index contributed by atoms with van der Waals surface area (Å²) in [5.74, 6) is 0.250. The van der Waals surface area contributed by atoms with Crippen molar-refractivity contribution in [3.05, 3.63) is 58.9 Å². The van der Waals surface area contributed by atoms with Crippen LogP contribution in [0.1, 0.15) is 0 Å². The normalized spacial score (nSPS) is 10.6. The fraction of sp³-hybridized carbons (Fsp3) is 0. The van der Waals surface area contributed by atoms with E-state index < -0.39 is 0 Å². The van der Waals surface area contributed by atoms with Gasteiger partial charge in [-0.25, -0.2) is 4.98 Å². The summed E-state index contributed by atoms with van der Waals surface area (Å²) in [6, 6.07) is 14.8. The number of halogens is 1. The topological polar surface area (TPSA) is 33.1 Å². The number of para-hydroxylation sites is 1. The van der Waals surface area contributed by atoms with Gasteiger partial charge in [0.1, 0.15) is 10.8 Å². The predicted molar refractivity (Wildman–Crippen MR) is 79.7 cm³/mol. The fourth-order valence-corrected chi connectivity index (χ4v) is 2.79. The molecule has 0 fully saturated rings. The SMILES string of the molecule is Oc1ccccc1-c1nc(-c2ccc(Cl)cc2)cs1. The summed E-state index contributed by atoms with van der Waals surface area (Å²) in [5.41, 5.74) is 2.66. The molecule has 0 unspecified atom stereocenters. The van der Waals surface area contributed by atoms with Gasteiger partial charge in [0.2, 0.25) is 0 Å². The van der Waals surface area contributed by atoms with Gasteiger partial charge in [-0.1, -0.05) is 35.9 Å². The minimum absolute atomic E-state index is 0.250. The molecule has 0 amide bonds. The van der Waals surface area contributed by atoms with Crippen molar-refractivity contribution >= 4 is 22.9 Å². The molecule has 0 aliphatic carbocycles. The zero-order valence-corrected chi connectivity index (χ0v) is 11.4. The number of aromatic nitrogens is 1. The van der Waals surface area contributed by atoms with Crippen LogP contribution >= 0.6 is 22.9 Å². The largest absolute Gasteiger partial charge is 0.507 e. The Morgan fingerprint density at radius 1 is 1.00 bits per heavy atom. The molecule has 0 aliphatic heterocycles. The zero-order valence-electron chi connectivity index (χ0n) is 9.88. The molecule has 0 atom stereocenters. The van der Waals surface area contributed by atoms with Gasteiger partial charge in [0.25, 0.3) is 0 Å². The summed E-state index contributed by atoms with van der Waals surface area (Å²) in [6.45, 7) is 0. The third-order valence-electron chi connectivity index (χ3n) is 2.78. The van der Waals surface area contributed by atoms with Crippen molar-refractivity contribution in [1.29, 1.82) is 0 Å². The average molecular weight is 288 g/mol. The first-order chi connectivity index (χ1) is 9.24. The lowest BCUT2D eigenvalue weighted by Crippen LogP contribution is -1.80. The molecule has 0 bridgehead atoms. The maximum Gasteiger partial charge on any atom is 0.127 e. The van der Waals surface area contributed by atoms with Crippen LogP contribution in [0, 0.1) is 0 Å². The smallest absolute Gasteiger partial charge is 0.127 e.